The zero-order valence-electron chi connectivity index (χ0n) is 11.0. The van der Waals surface area contributed by atoms with Crippen molar-refractivity contribution in [1.82, 2.24) is 0 Å². The largest absolute Gasteiger partial charge is 0.0967 e. The van der Waals surface area contributed by atoms with E-state index < -0.39 is 7.26 Å². The van der Waals surface area contributed by atoms with Gasteiger partial charge in [0.15, 0.2) is 0 Å². The summed E-state index contributed by atoms with van der Waals surface area (Å²) in [6.07, 6.45) is 16.1. The van der Waals surface area contributed by atoms with E-state index in [1.54, 1.807) is 63.2 Å². The fraction of sp³-hybridized carbons (Fsp3) is 1.00. The van der Waals surface area contributed by atoms with Crippen LogP contribution in [0, 0.1) is 0 Å². The van der Waals surface area contributed by atoms with Crippen LogP contribution in [0.5, 0.6) is 0 Å². The van der Waals surface area contributed by atoms with Crippen molar-refractivity contribution in [3.05, 3.63) is 0 Å². The molecule has 1 spiro atoms. The first kappa shape index (κ1) is 11.9. The lowest BCUT2D eigenvalue weighted by atomic mass is 10.2. The first-order valence-electron chi connectivity index (χ1n) is 7.24. The van der Waals surface area contributed by atoms with E-state index in [-0.39, 0.29) is 0 Å². The molecular formula is C14H27P2+. The summed E-state index contributed by atoms with van der Waals surface area (Å²) in [7, 11) is 0.00754. The molecule has 0 radical (unpaired) electrons. The van der Waals surface area contributed by atoms with E-state index in [4.69, 9.17) is 0 Å². The Morgan fingerprint density at radius 2 is 2.06 bits per heavy atom. The van der Waals surface area contributed by atoms with Crippen LogP contribution in [0.2, 0.25) is 0 Å². The highest BCUT2D eigenvalue weighted by Gasteiger charge is 2.52. The molecule has 1 aliphatic carbocycles. The van der Waals surface area contributed by atoms with Crippen molar-refractivity contribution >= 4 is 15.2 Å². The van der Waals surface area contributed by atoms with Gasteiger partial charge >= 0.3 is 0 Å². The van der Waals surface area contributed by atoms with Crippen molar-refractivity contribution in [3.63, 3.8) is 0 Å². The fourth-order valence-electron chi connectivity index (χ4n) is 4.02. The molecule has 3 fully saturated rings. The van der Waals surface area contributed by atoms with Gasteiger partial charge in [0.05, 0.1) is 18.0 Å². The maximum absolute atomic E-state index is 2.69. The molecule has 0 aromatic rings. The van der Waals surface area contributed by atoms with Gasteiger partial charge in [-0.1, -0.05) is 7.92 Å². The number of hydrogen-bond donors (Lipinski definition) is 0. The van der Waals surface area contributed by atoms with Crippen molar-refractivity contribution in [1.29, 1.82) is 0 Å². The SMILES string of the molecule is C[C@H]1CCC[P+]1(C)CCP1CCCC12CC2. The van der Waals surface area contributed by atoms with Gasteiger partial charge in [-0.25, -0.2) is 0 Å². The minimum Gasteiger partial charge on any atom is -0.0967 e. The molecule has 2 heteroatoms. The van der Waals surface area contributed by atoms with E-state index >= 15 is 0 Å². The predicted octanol–water partition coefficient (Wildman–Crippen LogP) is 4.62. The van der Waals surface area contributed by atoms with Gasteiger partial charge in [-0.05, 0) is 56.8 Å². The molecule has 3 aliphatic rings. The van der Waals surface area contributed by atoms with Crippen LogP contribution in [-0.4, -0.2) is 42.1 Å². The third-order valence-electron chi connectivity index (χ3n) is 5.80. The molecule has 92 valence electrons. The smallest absolute Gasteiger partial charge is 0.0668 e. The zero-order chi connectivity index (χ0) is 11.2. The molecule has 2 heterocycles. The number of rotatable bonds is 3. The lowest BCUT2D eigenvalue weighted by Gasteiger charge is -2.26. The van der Waals surface area contributed by atoms with Crippen LogP contribution in [-0.2, 0) is 0 Å². The summed E-state index contributed by atoms with van der Waals surface area (Å²) in [4.78, 5) is 0. The Labute approximate surface area is 103 Å². The van der Waals surface area contributed by atoms with Crippen LogP contribution >= 0.6 is 15.2 Å². The molecule has 0 aromatic carbocycles. The molecule has 0 N–H and O–H groups in total. The molecule has 2 saturated heterocycles. The molecule has 2 aliphatic heterocycles. The Kier molecular flexibility index (Phi) is 3.13. The third kappa shape index (κ3) is 1.99. The van der Waals surface area contributed by atoms with Gasteiger partial charge < -0.3 is 0 Å². The van der Waals surface area contributed by atoms with Gasteiger partial charge in [-0.15, -0.1) is 0 Å². The molecule has 0 aromatic heterocycles. The molecular weight excluding hydrogens is 230 g/mol. The van der Waals surface area contributed by atoms with Gasteiger partial charge in [0.1, 0.15) is 0 Å². The minimum absolute atomic E-state index is 0.476. The Hall–Kier alpha value is 0.860. The van der Waals surface area contributed by atoms with E-state index in [1.165, 1.54) is 0 Å². The highest BCUT2D eigenvalue weighted by Crippen LogP contribution is 2.73. The Morgan fingerprint density at radius 3 is 2.69 bits per heavy atom. The summed E-state index contributed by atoms with van der Waals surface area (Å²) in [6, 6.07) is 0. The van der Waals surface area contributed by atoms with Crippen LogP contribution in [0.25, 0.3) is 0 Å². The highest BCUT2D eigenvalue weighted by molar-refractivity contribution is 7.77. The molecule has 0 bridgehead atoms. The van der Waals surface area contributed by atoms with Crippen molar-refractivity contribution in [2.24, 2.45) is 0 Å². The summed E-state index contributed by atoms with van der Waals surface area (Å²) >= 11 is 0. The summed E-state index contributed by atoms with van der Waals surface area (Å²) in [5.74, 6) is 0. The lowest BCUT2D eigenvalue weighted by molar-refractivity contribution is 0.794. The fourth-order valence-corrected chi connectivity index (χ4v) is 12.6. The van der Waals surface area contributed by atoms with Gasteiger partial charge in [0.25, 0.3) is 0 Å². The first-order valence-corrected chi connectivity index (χ1v) is 11.6. The molecule has 3 atom stereocenters. The van der Waals surface area contributed by atoms with Gasteiger partial charge in [-0.2, -0.15) is 0 Å². The molecule has 0 amide bonds. The van der Waals surface area contributed by atoms with Gasteiger partial charge in [-0.3, -0.25) is 0 Å². The standard InChI is InChI=1S/C14H27P2/c1-13-5-3-11-16(13,2)12-10-15-9-4-6-14(15)7-8-14/h13H,3-12H2,1-2H3/q+1/t13-,15?,16?/m0/s1. The Morgan fingerprint density at radius 1 is 1.25 bits per heavy atom. The summed E-state index contributed by atoms with van der Waals surface area (Å²) in [5, 5.41) is 0.970. The van der Waals surface area contributed by atoms with E-state index in [1.807, 2.05) is 0 Å². The van der Waals surface area contributed by atoms with Crippen LogP contribution in [0.3, 0.4) is 0 Å². The second-order valence-corrected chi connectivity index (χ2v) is 14.4. The molecule has 1 saturated carbocycles. The van der Waals surface area contributed by atoms with Crippen LogP contribution in [0.1, 0.15) is 45.4 Å². The second-order valence-electron chi connectivity index (χ2n) is 6.73. The monoisotopic (exact) mass is 257 g/mol. The van der Waals surface area contributed by atoms with Gasteiger partial charge in [0, 0.05) is 20.1 Å². The van der Waals surface area contributed by atoms with Crippen LogP contribution < -0.4 is 0 Å². The maximum atomic E-state index is 2.69. The highest BCUT2D eigenvalue weighted by atomic mass is 31.2. The van der Waals surface area contributed by atoms with Crippen molar-refractivity contribution < 1.29 is 0 Å². The molecule has 0 nitrogen and oxygen atoms in total. The quantitative estimate of drug-likeness (QED) is 0.647. The van der Waals surface area contributed by atoms with E-state index in [0.717, 1.165) is 10.8 Å². The van der Waals surface area contributed by atoms with Crippen molar-refractivity contribution in [2.75, 3.05) is 31.3 Å². The third-order valence-corrected chi connectivity index (χ3v) is 14.8. The first-order chi connectivity index (χ1) is 7.65. The Balaban J connectivity index is 1.56. The Bertz CT molecular complexity index is 272. The van der Waals surface area contributed by atoms with Crippen molar-refractivity contribution in [2.45, 2.75) is 56.3 Å². The van der Waals surface area contributed by atoms with Crippen molar-refractivity contribution in [3.8, 4) is 0 Å². The summed E-state index contributed by atoms with van der Waals surface area (Å²) in [6.45, 7) is 5.24. The van der Waals surface area contributed by atoms with E-state index in [0.29, 0.717) is 7.92 Å². The number of hydrogen-bond acceptors (Lipinski definition) is 0. The molecule has 3 rings (SSSR count). The molecule has 16 heavy (non-hydrogen) atoms. The predicted molar refractivity (Wildman–Crippen MR) is 79.1 cm³/mol. The normalized spacial score (nSPS) is 45.4. The van der Waals surface area contributed by atoms with E-state index in [9.17, 15) is 0 Å². The average molecular weight is 257 g/mol. The minimum atomic E-state index is -0.476. The summed E-state index contributed by atoms with van der Waals surface area (Å²) < 4.78 is 0. The second kappa shape index (κ2) is 4.20. The van der Waals surface area contributed by atoms with Gasteiger partial charge in [0.2, 0.25) is 0 Å². The molecule has 2 unspecified atom stereocenters. The zero-order valence-corrected chi connectivity index (χ0v) is 12.8. The topological polar surface area (TPSA) is 0 Å². The average Bonchev–Trinajstić information content (AvgIpc) is 2.79. The lowest BCUT2D eigenvalue weighted by Crippen LogP contribution is -2.12. The maximum Gasteiger partial charge on any atom is 0.0668 e. The van der Waals surface area contributed by atoms with E-state index in [2.05, 4.69) is 13.6 Å². The summed E-state index contributed by atoms with van der Waals surface area (Å²) in [5.41, 5.74) is 1.11. The van der Waals surface area contributed by atoms with Crippen LogP contribution in [0.15, 0.2) is 0 Å². The van der Waals surface area contributed by atoms with Crippen LogP contribution in [0.4, 0.5) is 0 Å².